The van der Waals surface area contributed by atoms with Gasteiger partial charge in [0, 0.05) is 0 Å². The topological polar surface area (TPSA) is 47.8 Å². The molecule has 0 fully saturated rings. The molecule has 3 rings (SSSR count). The van der Waals surface area contributed by atoms with Crippen LogP contribution in [0.3, 0.4) is 0 Å². The number of benzene rings is 2. The predicted octanol–water partition coefficient (Wildman–Crippen LogP) is 4.62. The van der Waals surface area contributed by atoms with Crippen LogP contribution in [-0.2, 0) is 6.54 Å². The Morgan fingerprint density at radius 2 is 1.07 bits per heavy atom. The second kappa shape index (κ2) is 6.59. The summed E-state index contributed by atoms with van der Waals surface area (Å²) in [5.41, 5.74) is 12.6. The first kappa shape index (κ1) is 19.3. The lowest BCUT2D eigenvalue weighted by Crippen LogP contribution is -2.27. The molecule has 27 heavy (non-hydrogen) atoms. The SMILES string of the molecule is Cc1c(C)c(C)c(Cn2nnc3c(C)c(C)c(C)c(C)c3c2=O)c(C)c1C. The molecule has 0 N–H and O–H groups in total. The molecule has 0 aliphatic heterocycles. The number of hydrogen-bond donors (Lipinski definition) is 0. The van der Waals surface area contributed by atoms with Gasteiger partial charge in [0.1, 0.15) is 5.52 Å². The van der Waals surface area contributed by atoms with E-state index in [0.717, 1.165) is 22.2 Å². The van der Waals surface area contributed by atoms with Crippen LogP contribution < -0.4 is 5.56 Å². The smallest absolute Gasteiger partial charge is 0.267 e. The number of fused-ring (bicyclic) bond motifs is 1. The third-order valence-electron chi connectivity index (χ3n) is 6.82. The number of aromatic nitrogens is 3. The highest BCUT2D eigenvalue weighted by Gasteiger charge is 2.18. The van der Waals surface area contributed by atoms with Crippen molar-refractivity contribution in [1.82, 2.24) is 15.0 Å². The van der Waals surface area contributed by atoms with Crippen molar-refractivity contribution in [3.63, 3.8) is 0 Å². The number of aryl methyl sites for hydroxylation is 2. The van der Waals surface area contributed by atoms with Crippen LogP contribution in [0.5, 0.6) is 0 Å². The zero-order valence-electron chi connectivity index (χ0n) is 18.0. The van der Waals surface area contributed by atoms with E-state index in [1.807, 2.05) is 13.8 Å². The molecular weight excluding hydrogens is 334 g/mol. The molecule has 4 heteroatoms. The average molecular weight is 364 g/mol. The van der Waals surface area contributed by atoms with Gasteiger partial charge in [0.2, 0.25) is 0 Å². The lowest BCUT2D eigenvalue weighted by atomic mass is 9.89. The van der Waals surface area contributed by atoms with Crippen LogP contribution in [0.1, 0.15) is 55.6 Å². The van der Waals surface area contributed by atoms with Gasteiger partial charge in [-0.2, -0.15) is 0 Å². The van der Waals surface area contributed by atoms with Gasteiger partial charge in [0.05, 0.1) is 11.9 Å². The molecule has 4 nitrogen and oxygen atoms in total. The maximum Gasteiger partial charge on any atom is 0.278 e. The Hall–Kier alpha value is -2.49. The van der Waals surface area contributed by atoms with Crippen molar-refractivity contribution in [2.45, 2.75) is 68.9 Å². The second-order valence-electron chi connectivity index (χ2n) is 7.88. The first-order valence-electron chi connectivity index (χ1n) is 9.47. The van der Waals surface area contributed by atoms with E-state index in [1.54, 1.807) is 0 Å². The van der Waals surface area contributed by atoms with Crippen LogP contribution in [0.4, 0.5) is 0 Å². The summed E-state index contributed by atoms with van der Waals surface area (Å²) in [6.45, 7) is 19.3. The molecule has 2 aromatic carbocycles. The highest BCUT2D eigenvalue weighted by molar-refractivity contribution is 5.86. The number of hydrogen-bond acceptors (Lipinski definition) is 3. The lowest BCUT2D eigenvalue weighted by Gasteiger charge is -2.19. The van der Waals surface area contributed by atoms with Crippen LogP contribution in [-0.4, -0.2) is 15.0 Å². The van der Waals surface area contributed by atoms with Crippen LogP contribution in [0.2, 0.25) is 0 Å². The molecule has 0 atom stereocenters. The standard InChI is InChI=1S/C23H29N3O/c1-11-12(2)16(6)20(17(7)13(11)3)10-26-23(27)21-18(8)14(4)15(5)19(9)22(21)24-25-26/h10H2,1-9H3. The van der Waals surface area contributed by atoms with Crippen molar-refractivity contribution in [2.75, 3.05) is 0 Å². The zero-order chi connectivity index (χ0) is 20.2. The van der Waals surface area contributed by atoms with E-state index < -0.39 is 0 Å². The minimum Gasteiger partial charge on any atom is -0.267 e. The van der Waals surface area contributed by atoms with Crippen molar-refractivity contribution in [2.24, 2.45) is 0 Å². The van der Waals surface area contributed by atoms with Crippen molar-refractivity contribution in [1.29, 1.82) is 0 Å². The molecule has 0 aliphatic carbocycles. The van der Waals surface area contributed by atoms with Gasteiger partial charge in [-0.1, -0.05) is 5.21 Å². The van der Waals surface area contributed by atoms with Gasteiger partial charge in [0.15, 0.2) is 0 Å². The molecule has 0 spiro atoms. The first-order chi connectivity index (χ1) is 12.6. The van der Waals surface area contributed by atoms with Crippen LogP contribution in [0.15, 0.2) is 4.79 Å². The summed E-state index contributed by atoms with van der Waals surface area (Å²) < 4.78 is 1.52. The van der Waals surface area contributed by atoms with E-state index in [-0.39, 0.29) is 5.56 Å². The summed E-state index contributed by atoms with van der Waals surface area (Å²) in [4.78, 5) is 13.3. The Labute approximate surface area is 161 Å². The van der Waals surface area contributed by atoms with E-state index in [2.05, 4.69) is 58.8 Å². The summed E-state index contributed by atoms with van der Waals surface area (Å²) in [5, 5.41) is 9.42. The van der Waals surface area contributed by atoms with Crippen molar-refractivity contribution < 1.29 is 0 Å². The van der Waals surface area contributed by atoms with Gasteiger partial charge in [-0.25, -0.2) is 4.68 Å². The van der Waals surface area contributed by atoms with Crippen molar-refractivity contribution in [3.05, 3.63) is 66.0 Å². The molecule has 0 bridgehead atoms. The fourth-order valence-corrected chi connectivity index (χ4v) is 4.02. The largest absolute Gasteiger partial charge is 0.278 e. The first-order valence-corrected chi connectivity index (χ1v) is 9.47. The summed E-state index contributed by atoms with van der Waals surface area (Å²) in [5.74, 6) is 0. The molecule has 0 saturated carbocycles. The molecule has 1 heterocycles. The third kappa shape index (κ3) is 2.78. The molecule has 1 aromatic heterocycles. The molecule has 142 valence electrons. The van der Waals surface area contributed by atoms with E-state index in [1.165, 1.54) is 43.6 Å². The maximum absolute atomic E-state index is 13.3. The van der Waals surface area contributed by atoms with Crippen molar-refractivity contribution >= 4 is 10.9 Å². The maximum atomic E-state index is 13.3. The normalized spacial score (nSPS) is 11.4. The summed E-state index contributed by atoms with van der Waals surface area (Å²) in [6.07, 6.45) is 0. The summed E-state index contributed by atoms with van der Waals surface area (Å²) in [6, 6.07) is 0. The lowest BCUT2D eigenvalue weighted by molar-refractivity contribution is 0.595. The van der Waals surface area contributed by atoms with Crippen molar-refractivity contribution in [3.8, 4) is 0 Å². The molecule has 0 radical (unpaired) electrons. The minimum absolute atomic E-state index is 0.0571. The zero-order valence-corrected chi connectivity index (χ0v) is 18.0. The Morgan fingerprint density at radius 3 is 1.63 bits per heavy atom. The van der Waals surface area contributed by atoms with E-state index in [4.69, 9.17) is 0 Å². The predicted molar refractivity (Wildman–Crippen MR) is 112 cm³/mol. The molecular formula is C23H29N3O. The van der Waals surface area contributed by atoms with Gasteiger partial charge in [0.25, 0.3) is 5.56 Å². The van der Waals surface area contributed by atoms with Gasteiger partial charge >= 0.3 is 0 Å². The highest BCUT2D eigenvalue weighted by Crippen LogP contribution is 2.27. The van der Waals surface area contributed by atoms with E-state index in [9.17, 15) is 4.79 Å². The minimum atomic E-state index is -0.0571. The average Bonchev–Trinajstić information content (AvgIpc) is 2.65. The van der Waals surface area contributed by atoms with Gasteiger partial charge in [-0.05, 0) is 118 Å². The Balaban J connectivity index is 2.27. The van der Waals surface area contributed by atoms with Gasteiger partial charge in [-0.15, -0.1) is 5.10 Å². The van der Waals surface area contributed by atoms with Gasteiger partial charge < -0.3 is 0 Å². The van der Waals surface area contributed by atoms with Crippen LogP contribution in [0.25, 0.3) is 10.9 Å². The number of rotatable bonds is 2. The highest BCUT2D eigenvalue weighted by atomic mass is 16.1. The van der Waals surface area contributed by atoms with E-state index in [0.29, 0.717) is 11.9 Å². The monoisotopic (exact) mass is 363 g/mol. The Morgan fingerprint density at radius 1 is 0.630 bits per heavy atom. The second-order valence-corrected chi connectivity index (χ2v) is 7.88. The Kier molecular flexibility index (Phi) is 4.71. The third-order valence-corrected chi connectivity index (χ3v) is 6.82. The van der Waals surface area contributed by atoms with Crippen LogP contribution >= 0.6 is 0 Å². The summed E-state index contributed by atoms with van der Waals surface area (Å²) >= 11 is 0. The van der Waals surface area contributed by atoms with Crippen LogP contribution in [0, 0.1) is 62.3 Å². The molecule has 3 aromatic rings. The summed E-state index contributed by atoms with van der Waals surface area (Å²) in [7, 11) is 0. The molecule has 0 unspecified atom stereocenters. The molecule has 0 saturated heterocycles. The van der Waals surface area contributed by atoms with Gasteiger partial charge in [-0.3, -0.25) is 4.79 Å². The molecule has 0 aliphatic rings. The van der Waals surface area contributed by atoms with E-state index >= 15 is 0 Å². The fraction of sp³-hybridized carbons (Fsp3) is 0.435. The number of nitrogens with zero attached hydrogens (tertiary/aromatic N) is 3. The quantitative estimate of drug-likeness (QED) is 0.668. The fourth-order valence-electron chi connectivity index (χ4n) is 4.02. The Bertz CT molecular complexity index is 1120. The molecule has 0 amide bonds.